The van der Waals surface area contributed by atoms with E-state index < -0.39 is 8.32 Å². The van der Waals surface area contributed by atoms with Gasteiger partial charge in [0, 0.05) is 6.42 Å². The summed E-state index contributed by atoms with van der Waals surface area (Å²) >= 11 is 0. The summed E-state index contributed by atoms with van der Waals surface area (Å²) in [5.74, 6) is 0. The lowest BCUT2D eigenvalue weighted by molar-refractivity contribution is 0.306. The Labute approximate surface area is 160 Å². The van der Waals surface area contributed by atoms with Gasteiger partial charge in [-0.1, -0.05) is 81.4 Å². The lowest BCUT2D eigenvalue weighted by Gasteiger charge is -2.33. The second-order valence-corrected chi connectivity index (χ2v) is 13.2. The van der Waals surface area contributed by atoms with E-state index >= 15 is 0 Å². The fourth-order valence-electron chi connectivity index (χ4n) is 2.45. The van der Waals surface area contributed by atoms with Crippen molar-refractivity contribution in [1.29, 1.82) is 0 Å². The number of hydrogen-bond donors (Lipinski definition) is 0. The molecule has 0 aliphatic carbocycles. The molecule has 0 aromatic heterocycles. The molecule has 3 heteroatoms. The van der Waals surface area contributed by atoms with Crippen LogP contribution in [0.4, 0.5) is 0 Å². The van der Waals surface area contributed by atoms with Crippen LogP contribution in [0.25, 0.3) is 0 Å². The molecular formula is C23H33NOSi. The molecule has 0 aliphatic heterocycles. The van der Waals surface area contributed by atoms with Gasteiger partial charge in [-0.3, -0.25) is 0 Å². The molecule has 0 saturated carbocycles. The van der Waals surface area contributed by atoms with E-state index in [2.05, 4.69) is 99.7 Å². The van der Waals surface area contributed by atoms with Crippen molar-refractivity contribution in [2.45, 2.75) is 64.6 Å². The minimum Gasteiger partial charge on any atom is -0.455 e. The van der Waals surface area contributed by atoms with Gasteiger partial charge >= 0.3 is 0 Å². The van der Waals surface area contributed by atoms with Gasteiger partial charge in [0.2, 0.25) is 0 Å². The smallest absolute Gasteiger partial charge is 0.286 e. The van der Waals surface area contributed by atoms with E-state index in [0.717, 1.165) is 31.4 Å². The topological polar surface area (TPSA) is 21.6 Å². The number of hydrogen-bond acceptors (Lipinski definition) is 2. The lowest BCUT2D eigenvalue weighted by Crippen LogP contribution is -2.39. The summed E-state index contributed by atoms with van der Waals surface area (Å²) in [7, 11) is -1.88. The van der Waals surface area contributed by atoms with Crippen molar-refractivity contribution in [2.24, 2.45) is 5.16 Å². The minimum absolute atomic E-state index is 0.165. The van der Waals surface area contributed by atoms with Gasteiger partial charge in [-0.2, -0.15) is 0 Å². The van der Waals surface area contributed by atoms with Crippen molar-refractivity contribution in [1.82, 2.24) is 0 Å². The second kappa shape index (κ2) is 9.18. The molecule has 2 rings (SSSR count). The maximum atomic E-state index is 6.16. The van der Waals surface area contributed by atoms with Crippen LogP contribution < -0.4 is 0 Å². The Kier molecular flexibility index (Phi) is 7.21. The Morgan fingerprint density at radius 3 is 1.96 bits per heavy atom. The molecule has 0 spiro atoms. The second-order valence-electron chi connectivity index (χ2n) is 8.51. The first-order valence-corrected chi connectivity index (χ1v) is 12.5. The molecule has 0 radical (unpaired) electrons. The maximum Gasteiger partial charge on any atom is 0.286 e. The maximum absolute atomic E-state index is 6.16. The van der Waals surface area contributed by atoms with Crippen molar-refractivity contribution in [3.63, 3.8) is 0 Å². The zero-order valence-corrected chi connectivity index (χ0v) is 18.0. The third-order valence-electron chi connectivity index (χ3n) is 5.23. The fraction of sp³-hybridized carbons (Fsp3) is 0.435. The van der Waals surface area contributed by atoms with Crippen molar-refractivity contribution in [2.75, 3.05) is 0 Å². The van der Waals surface area contributed by atoms with E-state index in [1.165, 1.54) is 11.1 Å². The van der Waals surface area contributed by atoms with Gasteiger partial charge in [0.05, 0.1) is 5.71 Å². The highest BCUT2D eigenvalue weighted by molar-refractivity contribution is 6.74. The zero-order chi connectivity index (χ0) is 19.0. The Morgan fingerprint density at radius 1 is 0.885 bits per heavy atom. The van der Waals surface area contributed by atoms with Crippen LogP contribution in [0.5, 0.6) is 0 Å². The highest BCUT2D eigenvalue weighted by Gasteiger charge is 2.39. The quantitative estimate of drug-likeness (QED) is 0.291. The first-order chi connectivity index (χ1) is 12.3. The molecule has 0 N–H and O–H groups in total. The third-order valence-corrected chi connectivity index (χ3v) is 9.39. The molecule has 0 unspecified atom stereocenters. The highest BCUT2D eigenvalue weighted by Crippen LogP contribution is 2.36. The Balaban J connectivity index is 2.04. The summed E-state index contributed by atoms with van der Waals surface area (Å²) in [6.45, 7) is 11.3. The van der Waals surface area contributed by atoms with Gasteiger partial charge in [-0.05, 0) is 48.5 Å². The van der Waals surface area contributed by atoms with Crippen LogP contribution in [0.3, 0.4) is 0 Å². The van der Waals surface area contributed by atoms with Gasteiger partial charge < -0.3 is 4.53 Å². The molecular weight excluding hydrogens is 334 g/mol. The summed E-state index contributed by atoms with van der Waals surface area (Å²) in [4.78, 5) is 0. The molecule has 0 bridgehead atoms. The Bertz CT molecular complexity index is 687. The standard InChI is InChI=1S/C23H33NOSi/c1-23(2,3)26(4,5)25-24-22(19-21-15-10-7-11-16-21)18-12-17-20-13-8-6-9-14-20/h6-11,13-16H,12,17-19H2,1-5H3/b24-22-. The monoisotopic (exact) mass is 367 g/mol. The van der Waals surface area contributed by atoms with Crippen LogP contribution in [0, 0.1) is 0 Å². The van der Waals surface area contributed by atoms with E-state index in [1.54, 1.807) is 0 Å². The van der Waals surface area contributed by atoms with Crippen LogP contribution in [0.2, 0.25) is 18.1 Å². The van der Waals surface area contributed by atoms with Gasteiger partial charge in [0.15, 0.2) is 0 Å². The van der Waals surface area contributed by atoms with Crippen LogP contribution in [0.1, 0.15) is 44.7 Å². The molecule has 140 valence electrons. The zero-order valence-electron chi connectivity index (χ0n) is 17.0. The van der Waals surface area contributed by atoms with Crippen molar-refractivity contribution < 1.29 is 4.53 Å². The first-order valence-electron chi connectivity index (χ1n) is 9.60. The molecule has 26 heavy (non-hydrogen) atoms. The molecule has 0 heterocycles. The molecule has 0 fully saturated rings. The summed E-state index contributed by atoms with van der Waals surface area (Å²) in [5, 5.41) is 4.83. The molecule has 0 amide bonds. The van der Waals surface area contributed by atoms with Crippen molar-refractivity contribution >= 4 is 14.0 Å². The number of aryl methyl sites for hydroxylation is 1. The lowest BCUT2D eigenvalue weighted by atomic mass is 10.0. The summed E-state index contributed by atoms with van der Waals surface area (Å²) in [6.07, 6.45) is 4.01. The number of nitrogens with zero attached hydrogens (tertiary/aromatic N) is 1. The van der Waals surface area contributed by atoms with Gasteiger partial charge in [0.1, 0.15) is 0 Å². The average molecular weight is 368 g/mol. The SMILES string of the molecule is CC(C)(C)[Si](C)(C)O/N=C(/CCCc1ccccc1)Cc1ccccc1. The highest BCUT2D eigenvalue weighted by atomic mass is 28.4. The van der Waals surface area contributed by atoms with Crippen LogP contribution in [-0.2, 0) is 17.4 Å². The normalized spacial score (nSPS) is 12.9. The van der Waals surface area contributed by atoms with Crippen LogP contribution in [-0.4, -0.2) is 14.0 Å². The van der Waals surface area contributed by atoms with E-state index in [9.17, 15) is 0 Å². The van der Waals surface area contributed by atoms with Gasteiger partial charge in [0.25, 0.3) is 8.32 Å². The third kappa shape index (κ3) is 6.45. The van der Waals surface area contributed by atoms with E-state index in [4.69, 9.17) is 4.53 Å². The average Bonchev–Trinajstić information content (AvgIpc) is 2.60. The fourth-order valence-corrected chi connectivity index (χ4v) is 3.09. The van der Waals surface area contributed by atoms with E-state index in [0.29, 0.717) is 0 Å². The molecule has 2 aromatic carbocycles. The van der Waals surface area contributed by atoms with E-state index in [-0.39, 0.29) is 5.04 Å². The Morgan fingerprint density at radius 2 is 1.42 bits per heavy atom. The van der Waals surface area contributed by atoms with E-state index in [1.807, 2.05) is 0 Å². The number of benzene rings is 2. The molecule has 2 aromatic rings. The number of rotatable bonds is 8. The molecule has 0 atom stereocenters. The number of oxime groups is 1. The molecule has 0 aliphatic rings. The molecule has 2 nitrogen and oxygen atoms in total. The van der Waals surface area contributed by atoms with Crippen LogP contribution in [0.15, 0.2) is 65.8 Å². The summed E-state index contributed by atoms with van der Waals surface area (Å²) in [6, 6.07) is 21.2. The van der Waals surface area contributed by atoms with Crippen LogP contribution >= 0.6 is 0 Å². The predicted octanol–water partition coefficient (Wildman–Crippen LogP) is 6.63. The van der Waals surface area contributed by atoms with Gasteiger partial charge in [-0.25, -0.2) is 0 Å². The van der Waals surface area contributed by atoms with Gasteiger partial charge in [-0.15, -0.1) is 5.16 Å². The van der Waals surface area contributed by atoms with Crippen molar-refractivity contribution in [3.05, 3.63) is 71.8 Å². The summed E-state index contributed by atoms with van der Waals surface area (Å²) < 4.78 is 6.16. The minimum atomic E-state index is -1.88. The van der Waals surface area contributed by atoms with Crippen molar-refractivity contribution in [3.8, 4) is 0 Å². The largest absolute Gasteiger partial charge is 0.455 e. The predicted molar refractivity (Wildman–Crippen MR) is 115 cm³/mol. The summed E-state index contributed by atoms with van der Waals surface area (Å²) in [5.41, 5.74) is 3.83. The first kappa shape index (κ1) is 20.4. The molecule has 0 saturated heterocycles. The Hall–Kier alpha value is -1.87.